The summed E-state index contributed by atoms with van der Waals surface area (Å²) >= 11 is 0. The number of aliphatic hydroxyl groups excluding tert-OH is 1. The average molecular weight is 184 g/mol. The number of ether oxygens (including phenoxy) is 1. The van der Waals surface area contributed by atoms with Crippen LogP contribution in [0.15, 0.2) is 0 Å². The fourth-order valence-corrected chi connectivity index (χ4v) is 2.78. The summed E-state index contributed by atoms with van der Waals surface area (Å²) < 4.78 is 5.71. The lowest BCUT2D eigenvalue weighted by Crippen LogP contribution is -2.29. The van der Waals surface area contributed by atoms with Gasteiger partial charge in [0.2, 0.25) is 0 Å². The van der Waals surface area contributed by atoms with Gasteiger partial charge in [0.1, 0.15) is 6.29 Å². The Bertz CT molecular complexity index is 193. The molecule has 13 heavy (non-hydrogen) atoms. The van der Waals surface area contributed by atoms with Crippen molar-refractivity contribution < 1.29 is 14.6 Å². The van der Waals surface area contributed by atoms with Crippen LogP contribution >= 0.6 is 0 Å². The van der Waals surface area contributed by atoms with Crippen LogP contribution in [0.5, 0.6) is 0 Å². The molecule has 2 saturated heterocycles. The number of aldehydes is 1. The van der Waals surface area contributed by atoms with Crippen molar-refractivity contribution in [2.45, 2.75) is 37.9 Å². The van der Waals surface area contributed by atoms with Gasteiger partial charge >= 0.3 is 0 Å². The number of fused-ring (bicyclic) bond motifs is 2. The second-order valence-electron chi connectivity index (χ2n) is 4.04. The monoisotopic (exact) mass is 184 g/mol. The van der Waals surface area contributed by atoms with E-state index in [-0.39, 0.29) is 12.7 Å². The first-order chi connectivity index (χ1) is 6.36. The molecule has 0 amide bonds. The molecular weight excluding hydrogens is 168 g/mol. The number of carbonyl (C=O) groups excluding carboxylic acids is 1. The van der Waals surface area contributed by atoms with Crippen LogP contribution in [0, 0.1) is 11.8 Å². The summed E-state index contributed by atoms with van der Waals surface area (Å²) in [6.45, 7) is 0.213. The summed E-state index contributed by atoms with van der Waals surface area (Å²) in [6, 6.07) is 0. The van der Waals surface area contributed by atoms with Crippen molar-refractivity contribution in [2.75, 3.05) is 6.61 Å². The van der Waals surface area contributed by atoms with Gasteiger partial charge in [-0.15, -0.1) is 0 Å². The van der Waals surface area contributed by atoms with E-state index in [2.05, 4.69) is 0 Å². The van der Waals surface area contributed by atoms with Gasteiger partial charge in [0.15, 0.2) is 0 Å². The SMILES string of the molecule is O=CCC[C@H]1[C@@H](CO)[C@H]2CC[C@@H]1O2. The Hall–Kier alpha value is -0.410. The molecule has 0 aromatic carbocycles. The second-order valence-corrected chi connectivity index (χ2v) is 4.04. The maximum atomic E-state index is 10.3. The molecule has 2 aliphatic heterocycles. The molecule has 2 aliphatic rings. The molecule has 0 aliphatic carbocycles. The molecule has 0 radical (unpaired) electrons. The topological polar surface area (TPSA) is 46.5 Å². The van der Waals surface area contributed by atoms with Crippen molar-refractivity contribution in [1.82, 2.24) is 0 Å². The van der Waals surface area contributed by atoms with Crippen molar-refractivity contribution >= 4 is 6.29 Å². The third kappa shape index (κ3) is 1.51. The highest BCUT2D eigenvalue weighted by molar-refractivity contribution is 5.49. The quantitative estimate of drug-likeness (QED) is 0.656. The Balaban J connectivity index is 1.96. The van der Waals surface area contributed by atoms with Gasteiger partial charge in [-0.2, -0.15) is 0 Å². The average Bonchev–Trinajstić information content (AvgIpc) is 2.73. The van der Waals surface area contributed by atoms with Gasteiger partial charge in [-0.05, 0) is 25.2 Å². The zero-order valence-corrected chi connectivity index (χ0v) is 7.69. The van der Waals surface area contributed by atoms with Crippen molar-refractivity contribution in [3.05, 3.63) is 0 Å². The van der Waals surface area contributed by atoms with Crippen molar-refractivity contribution in [3.8, 4) is 0 Å². The van der Waals surface area contributed by atoms with E-state index in [1.54, 1.807) is 0 Å². The predicted octanol–water partition coefficient (Wildman–Crippen LogP) is 0.751. The van der Waals surface area contributed by atoms with E-state index in [4.69, 9.17) is 4.74 Å². The fraction of sp³-hybridized carbons (Fsp3) is 0.900. The van der Waals surface area contributed by atoms with E-state index >= 15 is 0 Å². The van der Waals surface area contributed by atoms with Gasteiger partial charge in [-0.25, -0.2) is 0 Å². The predicted molar refractivity (Wildman–Crippen MR) is 47.3 cm³/mol. The third-order valence-corrected chi connectivity index (χ3v) is 3.42. The lowest BCUT2D eigenvalue weighted by Gasteiger charge is -2.25. The molecular formula is C10H16O3. The number of carbonyl (C=O) groups is 1. The largest absolute Gasteiger partial charge is 0.396 e. The molecule has 0 aromatic heterocycles. The van der Waals surface area contributed by atoms with Gasteiger partial charge in [0.05, 0.1) is 12.2 Å². The van der Waals surface area contributed by atoms with Crippen molar-refractivity contribution in [3.63, 3.8) is 0 Å². The Labute approximate surface area is 78.1 Å². The highest BCUT2D eigenvalue weighted by atomic mass is 16.5. The molecule has 3 nitrogen and oxygen atoms in total. The van der Waals surface area contributed by atoms with Gasteiger partial charge in [-0.3, -0.25) is 0 Å². The van der Waals surface area contributed by atoms with Crippen LogP contribution in [-0.4, -0.2) is 30.2 Å². The molecule has 0 unspecified atom stereocenters. The lowest BCUT2D eigenvalue weighted by molar-refractivity contribution is -0.108. The normalized spacial score (nSPS) is 42.5. The Morgan fingerprint density at radius 3 is 2.62 bits per heavy atom. The van der Waals surface area contributed by atoms with Crippen molar-refractivity contribution in [1.29, 1.82) is 0 Å². The van der Waals surface area contributed by atoms with Crippen LogP contribution < -0.4 is 0 Å². The summed E-state index contributed by atoms with van der Waals surface area (Å²) in [7, 11) is 0. The summed E-state index contributed by atoms with van der Waals surface area (Å²) in [5.41, 5.74) is 0. The molecule has 74 valence electrons. The highest BCUT2D eigenvalue weighted by Crippen LogP contribution is 2.44. The first-order valence-electron chi connectivity index (χ1n) is 5.06. The second kappa shape index (κ2) is 3.76. The van der Waals surface area contributed by atoms with E-state index in [9.17, 15) is 9.90 Å². The van der Waals surface area contributed by atoms with E-state index in [0.717, 1.165) is 25.5 Å². The highest BCUT2D eigenvalue weighted by Gasteiger charge is 2.47. The maximum absolute atomic E-state index is 10.3. The Morgan fingerprint density at radius 1 is 1.31 bits per heavy atom. The molecule has 1 N–H and O–H groups in total. The van der Waals surface area contributed by atoms with Crippen LogP contribution in [0.2, 0.25) is 0 Å². The number of hydrogen-bond donors (Lipinski definition) is 1. The van der Waals surface area contributed by atoms with Crippen LogP contribution in [0.1, 0.15) is 25.7 Å². The zero-order chi connectivity index (χ0) is 9.26. The van der Waals surface area contributed by atoms with Crippen molar-refractivity contribution in [2.24, 2.45) is 11.8 Å². The van der Waals surface area contributed by atoms with E-state index in [0.29, 0.717) is 24.4 Å². The molecule has 2 bridgehead atoms. The van der Waals surface area contributed by atoms with Crippen LogP contribution in [-0.2, 0) is 9.53 Å². The van der Waals surface area contributed by atoms with E-state index < -0.39 is 0 Å². The van der Waals surface area contributed by atoms with Gasteiger partial charge < -0.3 is 14.6 Å². The molecule has 2 fully saturated rings. The number of aliphatic hydroxyl groups is 1. The molecule has 0 saturated carbocycles. The summed E-state index contributed by atoms with van der Waals surface area (Å²) in [5.74, 6) is 0.715. The first kappa shape index (κ1) is 9.16. The van der Waals surface area contributed by atoms with Crippen LogP contribution in [0.3, 0.4) is 0 Å². The molecule has 2 rings (SSSR count). The standard InChI is InChI=1S/C10H16O3/c11-5-1-2-7-8(6-12)10-4-3-9(7)13-10/h5,7-10,12H,1-4,6H2/t7-,8+,9-,10+/m0/s1. The number of rotatable bonds is 4. The minimum absolute atomic E-state index is 0.213. The minimum atomic E-state index is 0.213. The minimum Gasteiger partial charge on any atom is -0.396 e. The first-order valence-corrected chi connectivity index (χ1v) is 5.06. The van der Waals surface area contributed by atoms with E-state index in [1.165, 1.54) is 0 Å². The van der Waals surface area contributed by atoms with Gasteiger partial charge in [0, 0.05) is 18.9 Å². The fourth-order valence-electron chi connectivity index (χ4n) is 2.78. The molecule has 0 spiro atoms. The maximum Gasteiger partial charge on any atom is 0.120 e. The van der Waals surface area contributed by atoms with Crippen LogP contribution in [0.25, 0.3) is 0 Å². The summed E-state index contributed by atoms with van der Waals surface area (Å²) in [5, 5.41) is 9.19. The van der Waals surface area contributed by atoms with Gasteiger partial charge in [-0.1, -0.05) is 0 Å². The molecule has 3 heteroatoms. The molecule has 4 atom stereocenters. The molecule has 2 heterocycles. The van der Waals surface area contributed by atoms with Gasteiger partial charge in [0.25, 0.3) is 0 Å². The number of hydrogen-bond acceptors (Lipinski definition) is 3. The molecule has 0 aromatic rings. The van der Waals surface area contributed by atoms with E-state index in [1.807, 2.05) is 0 Å². The smallest absolute Gasteiger partial charge is 0.120 e. The summed E-state index contributed by atoms with van der Waals surface area (Å²) in [4.78, 5) is 10.3. The zero-order valence-electron chi connectivity index (χ0n) is 7.69. The Kier molecular flexibility index (Phi) is 2.65. The Morgan fingerprint density at radius 2 is 2.00 bits per heavy atom. The summed E-state index contributed by atoms with van der Waals surface area (Å²) in [6.07, 6.45) is 5.25. The third-order valence-electron chi connectivity index (χ3n) is 3.42. The lowest BCUT2D eigenvalue weighted by atomic mass is 9.77. The van der Waals surface area contributed by atoms with Crippen LogP contribution in [0.4, 0.5) is 0 Å².